The van der Waals surface area contributed by atoms with E-state index < -0.39 is 0 Å². The molecule has 3 aromatic rings. The standard InChI is InChI=1S/C25H25.C10H15.CH2.2ClH.Zr/c1-14-12-24(3,4)22-8-16-7-17-9-23-19(15(2)13-25(23,5)6)11-21(17)20(16)10-18(14)22;1-7(2)10-6-8(3)5-9(10)4;;;;/h7-13H,1-6H3;6-8H,1-4H3;1H2;2*1H;/q2*-1;;;;+2/p-2. The van der Waals surface area contributed by atoms with Crippen LogP contribution < -0.4 is 24.8 Å². The minimum absolute atomic E-state index is 0. The van der Waals surface area contributed by atoms with Gasteiger partial charge in [0.05, 0.1) is 0 Å². The Morgan fingerprint density at radius 3 is 1.51 bits per heavy atom. The number of hydrogen-bond acceptors (Lipinski definition) is 0. The van der Waals surface area contributed by atoms with Gasteiger partial charge in [-0.3, -0.25) is 6.08 Å². The number of halogens is 2. The van der Waals surface area contributed by atoms with Crippen molar-refractivity contribution in [2.75, 3.05) is 0 Å². The van der Waals surface area contributed by atoms with Gasteiger partial charge in [0.2, 0.25) is 0 Å². The van der Waals surface area contributed by atoms with E-state index in [0.717, 1.165) is 0 Å². The monoisotopic (exact) mass is 634 g/mol. The van der Waals surface area contributed by atoms with Crippen molar-refractivity contribution in [3.05, 3.63) is 88.0 Å². The van der Waals surface area contributed by atoms with Crippen LogP contribution in [0.3, 0.4) is 0 Å². The van der Waals surface area contributed by atoms with E-state index in [4.69, 9.17) is 0 Å². The maximum Gasteiger partial charge on any atom is -1.00 e. The molecule has 1 atom stereocenters. The summed E-state index contributed by atoms with van der Waals surface area (Å²) in [6.45, 7) is 22.6. The van der Waals surface area contributed by atoms with Crippen LogP contribution in [0.4, 0.5) is 0 Å². The fourth-order valence-corrected chi connectivity index (χ4v) is 6.70. The van der Waals surface area contributed by atoms with Gasteiger partial charge in [-0.1, -0.05) is 103 Å². The third-order valence-corrected chi connectivity index (χ3v) is 8.30. The minimum atomic E-state index is 0. The first-order chi connectivity index (χ1) is 17.3. The molecular weight excluding hydrogens is 595 g/mol. The van der Waals surface area contributed by atoms with E-state index in [2.05, 4.69) is 128 Å². The second-order valence-electron chi connectivity index (χ2n) is 12.5. The molecule has 0 N–H and O–H groups in total. The average molecular weight is 637 g/mol. The van der Waals surface area contributed by atoms with Crippen LogP contribution in [-0.4, -0.2) is 4.21 Å². The molecule has 1 unspecified atom stereocenters. The van der Waals surface area contributed by atoms with Crippen molar-refractivity contribution >= 4 is 36.9 Å². The number of allylic oxidation sites excluding steroid dienone is 8. The van der Waals surface area contributed by atoms with Gasteiger partial charge >= 0.3 is 28.4 Å². The molecule has 0 amide bonds. The van der Waals surface area contributed by atoms with Gasteiger partial charge in [-0.05, 0) is 36.1 Å². The Bertz CT molecular complexity index is 1430. The van der Waals surface area contributed by atoms with Crippen LogP contribution in [0.1, 0.15) is 91.5 Å². The van der Waals surface area contributed by atoms with Gasteiger partial charge < -0.3 is 24.8 Å². The Kier molecular flexibility index (Phi) is 10.6. The summed E-state index contributed by atoms with van der Waals surface area (Å²) in [5, 5.41) is 5.57. The quantitative estimate of drug-likeness (QED) is 0.354. The zero-order chi connectivity index (χ0) is 27.4. The third-order valence-electron chi connectivity index (χ3n) is 8.30. The largest absolute Gasteiger partial charge is 1.00 e. The van der Waals surface area contributed by atoms with Gasteiger partial charge in [-0.25, -0.2) is 5.57 Å². The van der Waals surface area contributed by atoms with Crippen molar-refractivity contribution in [1.82, 2.24) is 0 Å². The normalized spacial score (nSPS) is 19.4. The van der Waals surface area contributed by atoms with Crippen LogP contribution in [-0.2, 0) is 35.1 Å². The molecule has 0 saturated heterocycles. The van der Waals surface area contributed by atoms with Gasteiger partial charge in [0.15, 0.2) is 0 Å². The number of fused-ring (bicyclic) bond motifs is 5. The zero-order valence-electron chi connectivity index (χ0n) is 25.2. The fourth-order valence-electron chi connectivity index (χ4n) is 6.70. The average Bonchev–Trinajstić information content (AvgIpc) is 3.48. The summed E-state index contributed by atoms with van der Waals surface area (Å²) >= 11 is 1.30. The first-order valence-corrected chi connectivity index (χ1v) is 15.3. The summed E-state index contributed by atoms with van der Waals surface area (Å²) in [4.78, 5) is 0. The van der Waals surface area contributed by atoms with Crippen molar-refractivity contribution in [3.8, 4) is 0 Å². The molecule has 3 aromatic carbocycles. The molecule has 0 fully saturated rings. The van der Waals surface area contributed by atoms with Gasteiger partial charge in [-0.2, -0.15) is 11.6 Å². The summed E-state index contributed by atoms with van der Waals surface area (Å²) in [6, 6.07) is 12.1. The van der Waals surface area contributed by atoms with Crippen LogP contribution in [0.2, 0.25) is 0 Å². The summed E-state index contributed by atoms with van der Waals surface area (Å²) < 4.78 is 3.34. The van der Waals surface area contributed by atoms with Gasteiger partial charge in [0, 0.05) is 10.8 Å². The van der Waals surface area contributed by atoms with Crippen LogP contribution in [0.15, 0.2) is 59.7 Å². The molecule has 0 bridgehead atoms. The van der Waals surface area contributed by atoms with Crippen LogP contribution >= 0.6 is 0 Å². The van der Waals surface area contributed by atoms with Crippen LogP contribution in [0, 0.1) is 17.9 Å². The van der Waals surface area contributed by atoms with Gasteiger partial charge in [0.1, 0.15) is 0 Å². The van der Waals surface area contributed by atoms with E-state index in [1.54, 1.807) is 0 Å². The van der Waals surface area contributed by atoms with E-state index >= 15 is 0 Å². The summed E-state index contributed by atoms with van der Waals surface area (Å²) in [5.41, 5.74) is 11.7. The molecule has 3 aliphatic rings. The zero-order valence-corrected chi connectivity index (χ0v) is 29.2. The van der Waals surface area contributed by atoms with Crippen molar-refractivity contribution in [3.63, 3.8) is 0 Å². The van der Waals surface area contributed by atoms with E-state index in [0.29, 0.717) is 11.8 Å². The van der Waals surface area contributed by atoms with Gasteiger partial charge in [0.25, 0.3) is 0 Å². The van der Waals surface area contributed by atoms with Crippen molar-refractivity contribution < 1.29 is 49.0 Å². The summed E-state index contributed by atoms with van der Waals surface area (Å²) in [5.74, 6) is 1.20. The molecule has 0 heterocycles. The molecule has 0 radical (unpaired) electrons. The second kappa shape index (κ2) is 12.2. The Balaban J connectivity index is 0.000000326. The molecule has 0 aliphatic heterocycles. The first-order valence-electron chi connectivity index (χ1n) is 13.6. The molecule has 3 aliphatic carbocycles. The number of rotatable bonds is 1. The van der Waals surface area contributed by atoms with Crippen LogP contribution in [0.25, 0.3) is 32.7 Å². The Labute approximate surface area is 264 Å². The molecule has 0 spiro atoms. The van der Waals surface area contributed by atoms with Crippen molar-refractivity contribution in [2.45, 2.75) is 80.1 Å². The Hall–Kier alpha value is -1.40. The van der Waals surface area contributed by atoms with Crippen molar-refractivity contribution in [1.29, 1.82) is 0 Å². The fraction of sp³-hybridized carbons (Fsp3) is 0.389. The second-order valence-corrected chi connectivity index (χ2v) is 12.5. The first kappa shape index (κ1) is 33.8. The van der Waals surface area contributed by atoms with E-state index in [1.807, 2.05) is 0 Å². The Morgan fingerprint density at radius 2 is 1.21 bits per heavy atom. The van der Waals surface area contributed by atoms with E-state index in [-0.39, 0.29) is 35.6 Å². The molecule has 39 heavy (non-hydrogen) atoms. The third kappa shape index (κ3) is 6.12. The molecule has 0 aromatic heterocycles. The molecule has 206 valence electrons. The minimum Gasteiger partial charge on any atom is -1.00 e. The number of hydrogen-bond donors (Lipinski definition) is 0. The summed E-state index contributed by atoms with van der Waals surface area (Å²) in [6.07, 6.45) is 10.5. The molecule has 6 rings (SSSR count). The SMILES string of the molecule is CC1=CC(C)(C)c2cc3[cH-]c4cc5c(cc4c3cc21)C(C)=CC5(C)C.CC1=[C-]C(C)C=C1C(C)C.[CH2]=[Zr+2].[Cl-].[Cl-]. The molecular formula is C36H42Cl2Zr-2. The van der Waals surface area contributed by atoms with E-state index in [1.165, 1.54) is 90.3 Å². The molecule has 0 saturated carbocycles. The van der Waals surface area contributed by atoms with E-state index in [9.17, 15) is 0 Å². The van der Waals surface area contributed by atoms with Crippen molar-refractivity contribution in [2.24, 2.45) is 11.8 Å². The predicted octanol–water partition coefficient (Wildman–Crippen LogP) is 4.04. The molecule has 3 heteroatoms. The topological polar surface area (TPSA) is 0 Å². The Morgan fingerprint density at radius 1 is 0.795 bits per heavy atom. The van der Waals surface area contributed by atoms with Crippen LogP contribution in [0.5, 0.6) is 0 Å². The summed E-state index contributed by atoms with van der Waals surface area (Å²) in [7, 11) is 0. The maximum atomic E-state index is 3.37. The maximum absolute atomic E-state index is 3.37. The number of benzene rings is 2. The molecule has 0 nitrogen and oxygen atoms in total. The predicted molar refractivity (Wildman–Crippen MR) is 162 cm³/mol. The smallest absolute Gasteiger partial charge is 1.00 e. The van der Waals surface area contributed by atoms with Gasteiger partial charge in [-0.15, -0.1) is 39.7 Å².